The first-order valence-electron chi connectivity index (χ1n) is 7.15. The Morgan fingerprint density at radius 1 is 1.05 bits per heavy atom. The third-order valence-corrected chi connectivity index (χ3v) is 3.67. The fraction of sp³-hybridized carbons (Fsp3) is 0.333. The Bertz CT molecular complexity index is 560. The Morgan fingerprint density at radius 2 is 1.75 bits per heavy atom. The molecule has 0 aromatic heterocycles. The number of aryl methyl sites for hydroxylation is 2. The smallest absolute Gasteiger partial charge is 0.123 e. The lowest BCUT2D eigenvalue weighted by Crippen LogP contribution is -2.23. The quantitative estimate of drug-likeness (QED) is 0.853. The lowest BCUT2D eigenvalue weighted by Gasteiger charge is -2.20. The van der Waals surface area contributed by atoms with Crippen LogP contribution in [0, 0.1) is 19.7 Å². The van der Waals surface area contributed by atoms with Crippen molar-refractivity contribution in [2.24, 2.45) is 0 Å². The molecule has 1 unspecified atom stereocenters. The zero-order valence-corrected chi connectivity index (χ0v) is 12.4. The van der Waals surface area contributed by atoms with Crippen LogP contribution in [-0.4, -0.2) is 6.54 Å². The van der Waals surface area contributed by atoms with E-state index in [2.05, 4.69) is 43.4 Å². The SMILES string of the molecule is CCNC(Cc1cc(F)ccc1C)c1ccc(C)cc1. The van der Waals surface area contributed by atoms with E-state index < -0.39 is 0 Å². The van der Waals surface area contributed by atoms with Crippen LogP contribution in [0.15, 0.2) is 42.5 Å². The van der Waals surface area contributed by atoms with Crippen LogP contribution in [0.2, 0.25) is 0 Å². The molecule has 1 N–H and O–H groups in total. The molecule has 0 heterocycles. The lowest BCUT2D eigenvalue weighted by atomic mass is 9.95. The van der Waals surface area contributed by atoms with Crippen molar-refractivity contribution in [2.45, 2.75) is 33.2 Å². The Labute approximate surface area is 120 Å². The van der Waals surface area contributed by atoms with Gasteiger partial charge in [-0.3, -0.25) is 0 Å². The van der Waals surface area contributed by atoms with Crippen molar-refractivity contribution in [3.63, 3.8) is 0 Å². The minimum Gasteiger partial charge on any atom is -0.310 e. The highest BCUT2D eigenvalue weighted by Gasteiger charge is 2.13. The lowest BCUT2D eigenvalue weighted by molar-refractivity contribution is 0.545. The second-order valence-corrected chi connectivity index (χ2v) is 5.30. The van der Waals surface area contributed by atoms with Crippen molar-refractivity contribution in [1.29, 1.82) is 0 Å². The van der Waals surface area contributed by atoms with Gasteiger partial charge in [0.25, 0.3) is 0 Å². The average Bonchev–Trinajstić information content (AvgIpc) is 2.43. The minimum atomic E-state index is -0.162. The van der Waals surface area contributed by atoms with Gasteiger partial charge in [0, 0.05) is 6.04 Å². The fourth-order valence-corrected chi connectivity index (χ4v) is 2.43. The summed E-state index contributed by atoms with van der Waals surface area (Å²) in [5, 5.41) is 3.49. The summed E-state index contributed by atoms with van der Waals surface area (Å²) in [6, 6.07) is 13.8. The van der Waals surface area contributed by atoms with Gasteiger partial charge in [0.2, 0.25) is 0 Å². The number of hydrogen-bond donors (Lipinski definition) is 1. The Morgan fingerprint density at radius 3 is 2.40 bits per heavy atom. The van der Waals surface area contributed by atoms with Gasteiger partial charge >= 0.3 is 0 Å². The van der Waals surface area contributed by atoms with Crippen LogP contribution in [0.1, 0.15) is 35.2 Å². The molecule has 2 heteroatoms. The zero-order chi connectivity index (χ0) is 14.5. The van der Waals surface area contributed by atoms with Gasteiger partial charge in [-0.25, -0.2) is 4.39 Å². The molecule has 0 saturated heterocycles. The maximum absolute atomic E-state index is 13.4. The summed E-state index contributed by atoms with van der Waals surface area (Å²) in [6.07, 6.45) is 0.806. The number of halogens is 1. The maximum atomic E-state index is 13.4. The zero-order valence-electron chi connectivity index (χ0n) is 12.4. The molecule has 0 amide bonds. The van der Waals surface area contributed by atoms with Gasteiger partial charge in [0.05, 0.1) is 0 Å². The summed E-state index contributed by atoms with van der Waals surface area (Å²) in [7, 11) is 0. The van der Waals surface area contributed by atoms with E-state index in [0.29, 0.717) is 0 Å². The van der Waals surface area contributed by atoms with E-state index in [4.69, 9.17) is 0 Å². The van der Waals surface area contributed by atoms with E-state index in [1.807, 2.05) is 13.0 Å². The van der Waals surface area contributed by atoms with E-state index >= 15 is 0 Å². The maximum Gasteiger partial charge on any atom is 0.123 e. The summed E-state index contributed by atoms with van der Waals surface area (Å²) in [5.41, 5.74) is 4.71. The van der Waals surface area contributed by atoms with Crippen molar-refractivity contribution >= 4 is 0 Å². The van der Waals surface area contributed by atoms with Gasteiger partial charge in [-0.15, -0.1) is 0 Å². The first-order valence-corrected chi connectivity index (χ1v) is 7.15. The summed E-state index contributed by atoms with van der Waals surface area (Å²) in [4.78, 5) is 0. The largest absolute Gasteiger partial charge is 0.310 e. The minimum absolute atomic E-state index is 0.162. The first kappa shape index (κ1) is 14.7. The molecule has 1 nitrogen and oxygen atoms in total. The molecule has 106 valence electrons. The Kier molecular flexibility index (Phi) is 4.91. The number of likely N-dealkylation sites (N-methyl/N-ethyl adjacent to an activating group) is 1. The highest BCUT2D eigenvalue weighted by molar-refractivity contribution is 5.31. The van der Waals surface area contributed by atoms with E-state index in [1.54, 1.807) is 6.07 Å². The molecule has 0 spiro atoms. The monoisotopic (exact) mass is 271 g/mol. The molecule has 0 fully saturated rings. The predicted molar refractivity (Wildman–Crippen MR) is 82.4 cm³/mol. The van der Waals surface area contributed by atoms with Crippen LogP contribution in [0.5, 0.6) is 0 Å². The summed E-state index contributed by atoms with van der Waals surface area (Å²) < 4.78 is 13.4. The molecule has 20 heavy (non-hydrogen) atoms. The highest BCUT2D eigenvalue weighted by Crippen LogP contribution is 2.21. The number of rotatable bonds is 5. The molecule has 0 bridgehead atoms. The van der Waals surface area contributed by atoms with Crippen molar-refractivity contribution in [3.05, 3.63) is 70.5 Å². The standard InChI is InChI=1S/C18H22FN/c1-4-20-18(15-8-5-13(2)6-9-15)12-16-11-17(19)10-7-14(16)3/h5-11,18,20H,4,12H2,1-3H3. The molecule has 0 aliphatic heterocycles. The summed E-state index contributed by atoms with van der Waals surface area (Å²) in [6.45, 7) is 7.11. The third-order valence-electron chi connectivity index (χ3n) is 3.67. The molecule has 0 radical (unpaired) electrons. The van der Waals surface area contributed by atoms with E-state index in [1.165, 1.54) is 17.2 Å². The molecule has 0 aliphatic rings. The van der Waals surface area contributed by atoms with Crippen LogP contribution in [0.4, 0.5) is 4.39 Å². The number of benzene rings is 2. The fourth-order valence-electron chi connectivity index (χ4n) is 2.43. The summed E-state index contributed by atoms with van der Waals surface area (Å²) >= 11 is 0. The van der Waals surface area contributed by atoms with Gasteiger partial charge in [0.1, 0.15) is 5.82 Å². The Balaban J connectivity index is 2.25. The third kappa shape index (κ3) is 3.67. The second-order valence-electron chi connectivity index (χ2n) is 5.30. The van der Waals surface area contributed by atoms with Crippen LogP contribution in [0.25, 0.3) is 0 Å². The van der Waals surface area contributed by atoms with Crippen LogP contribution in [-0.2, 0) is 6.42 Å². The molecule has 0 aliphatic carbocycles. The van der Waals surface area contributed by atoms with E-state index in [0.717, 1.165) is 24.1 Å². The molecule has 2 rings (SSSR count). The van der Waals surface area contributed by atoms with Gasteiger partial charge in [-0.05, 0) is 55.6 Å². The molecular weight excluding hydrogens is 249 g/mol. The molecular formula is C18H22FN. The first-order chi connectivity index (χ1) is 9.60. The molecule has 2 aromatic rings. The van der Waals surface area contributed by atoms with Crippen molar-refractivity contribution < 1.29 is 4.39 Å². The van der Waals surface area contributed by atoms with Gasteiger partial charge in [-0.2, -0.15) is 0 Å². The van der Waals surface area contributed by atoms with Gasteiger partial charge in [-0.1, -0.05) is 42.8 Å². The van der Waals surface area contributed by atoms with Crippen molar-refractivity contribution in [2.75, 3.05) is 6.54 Å². The predicted octanol–water partition coefficient (Wildman–Crippen LogP) is 4.34. The van der Waals surface area contributed by atoms with Crippen LogP contribution in [0.3, 0.4) is 0 Å². The molecule has 1 atom stereocenters. The highest BCUT2D eigenvalue weighted by atomic mass is 19.1. The van der Waals surface area contributed by atoms with Crippen LogP contribution < -0.4 is 5.32 Å². The summed E-state index contributed by atoms with van der Waals surface area (Å²) in [5.74, 6) is -0.162. The number of nitrogens with one attached hydrogen (secondary N) is 1. The normalized spacial score (nSPS) is 12.4. The topological polar surface area (TPSA) is 12.0 Å². The number of hydrogen-bond acceptors (Lipinski definition) is 1. The Hall–Kier alpha value is -1.67. The van der Waals surface area contributed by atoms with Gasteiger partial charge < -0.3 is 5.32 Å². The van der Waals surface area contributed by atoms with E-state index in [-0.39, 0.29) is 11.9 Å². The second kappa shape index (κ2) is 6.67. The van der Waals surface area contributed by atoms with E-state index in [9.17, 15) is 4.39 Å². The molecule has 0 saturated carbocycles. The van der Waals surface area contributed by atoms with Crippen molar-refractivity contribution in [1.82, 2.24) is 5.32 Å². The van der Waals surface area contributed by atoms with Crippen LogP contribution >= 0.6 is 0 Å². The van der Waals surface area contributed by atoms with Crippen molar-refractivity contribution in [3.8, 4) is 0 Å². The van der Waals surface area contributed by atoms with Gasteiger partial charge in [0.15, 0.2) is 0 Å². The molecule has 2 aromatic carbocycles. The average molecular weight is 271 g/mol.